The zero-order valence-corrected chi connectivity index (χ0v) is 25.9. The van der Waals surface area contributed by atoms with Gasteiger partial charge in [-0.15, -0.1) is 0 Å². The third-order valence-corrected chi connectivity index (χ3v) is 7.59. The molecule has 0 radical (unpaired) electrons. The van der Waals surface area contributed by atoms with Crippen molar-refractivity contribution < 1.29 is 19.2 Å². The van der Waals surface area contributed by atoms with Crippen LogP contribution in [0.2, 0.25) is 0 Å². The first-order valence-electron chi connectivity index (χ1n) is 14.5. The van der Waals surface area contributed by atoms with E-state index in [1.165, 1.54) is 13.1 Å². The Morgan fingerprint density at radius 3 is 2.33 bits per heavy atom. The fourth-order valence-corrected chi connectivity index (χ4v) is 5.20. The van der Waals surface area contributed by atoms with E-state index in [-0.39, 0.29) is 42.9 Å². The van der Waals surface area contributed by atoms with Crippen LogP contribution in [0.1, 0.15) is 67.8 Å². The second kappa shape index (κ2) is 17.2. The van der Waals surface area contributed by atoms with Crippen LogP contribution in [0.4, 0.5) is 0 Å². The number of hydrogen-bond donors (Lipinski definition) is 6. The first-order valence-corrected chi connectivity index (χ1v) is 15.3. The van der Waals surface area contributed by atoms with E-state index in [9.17, 15) is 19.2 Å². The van der Waals surface area contributed by atoms with Crippen LogP contribution < -0.4 is 32.7 Å². The monoisotopic (exact) mass is 656 g/mol. The normalized spacial score (nSPS) is 15.3. The van der Waals surface area contributed by atoms with Crippen molar-refractivity contribution in [3.05, 3.63) is 64.4 Å². The molecule has 12 nitrogen and oxygen atoms in total. The summed E-state index contributed by atoms with van der Waals surface area (Å²) < 4.78 is 0.618. The molecule has 3 atom stereocenters. The maximum Gasteiger partial charge on any atom is 0.253 e. The van der Waals surface area contributed by atoms with E-state index < -0.39 is 35.8 Å². The van der Waals surface area contributed by atoms with Crippen LogP contribution in [-0.2, 0) is 20.8 Å². The van der Waals surface area contributed by atoms with E-state index in [4.69, 9.17) is 11.5 Å². The minimum absolute atomic E-state index is 0.0661. The number of hydrogen-bond acceptors (Lipinski definition) is 6. The van der Waals surface area contributed by atoms with Crippen LogP contribution in [0, 0.1) is 0 Å². The molecule has 43 heavy (non-hydrogen) atoms. The lowest BCUT2D eigenvalue weighted by molar-refractivity contribution is -0.132. The molecule has 2 aromatic rings. The molecular weight excluding hydrogens is 616 g/mol. The zero-order chi connectivity index (χ0) is 31.2. The number of rotatable bonds is 14. The number of guanidine groups is 1. The maximum absolute atomic E-state index is 13.6. The quantitative estimate of drug-likeness (QED) is 0.101. The third kappa shape index (κ3) is 11.7. The largest absolute Gasteiger partial charge is 0.370 e. The number of nitrogens with zero attached hydrogens (tertiary/aromatic N) is 2. The summed E-state index contributed by atoms with van der Waals surface area (Å²) in [6.07, 6.45) is 8.86. The molecule has 1 aliphatic carbocycles. The van der Waals surface area contributed by atoms with Gasteiger partial charge in [0.25, 0.3) is 5.91 Å². The van der Waals surface area contributed by atoms with Crippen molar-refractivity contribution in [3.8, 4) is 0 Å². The van der Waals surface area contributed by atoms with Gasteiger partial charge in [-0.3, -0.25) is 29.2 Å². The summed E-state index contributed by atoms with van der Waals surface area (Å²) in [5, 5.41) is 11.3. The topological polar surface area (TPSA) is 194 Å². The number of pyridine rings is 1. The minimum atomic E-state index is -1.01. The smallest absolute Gasteiger partial charge is 0.253 e. The number of carbonyl (C=O) groups is 4. The third-order valence-electron chi connectivity index (χ3n) is 7.15. The molecule has 13 heteroatoms. The molecule has 1 aliphatic rings. The average molecular weight is 658 g/mol. The number of nitrogens with one attached hydrogen (secondary N) is 4. The van der Waals surface area contributed by atoms with Gasteiger partial charge in [-0.1, -0.05) is 49.6 Å². The van der Waals surface area contributed by atoms with Gasteiger partial charge < -0.3 is 32.7 Å². The van der Waals surface area contributed by atoms with Crippen molar-refractivity contribution in [3.63, 3.8) is 0 Å². The van der Waals surface area contributed by atoms with Gasteiger partial charge in [-0.25, -0.2) is 0 Å². The Hall–Kier alpha value is -4.00. The summed E-state index contributed by atoms with van der Waals surface area (Å²) >= 11 is 3.27. The van der Waals surface area contributed by atoms with Gasteiger partial charge in [0.05, 0.1) is 5.56 Å². The van der Waals surface area contributed by atoms with E-state index in [1.54, 1.807) is 12.3 Å². The Labute approximate surface area is 260 Å². The van der Waals surface area contributed by atoms with E-state index in [2.05, 4.69) is 47.2 Å². The average Bonchev–Trinajstić information content (AvgIpc) is 2.99. The van der Waals surface area contributed by atoms with Crippen LogP contribution in [0.3, 0.4) is 0 Å². The molecule has 0 spiro atoms. The minimum Gasteiger partial charge on any atom is -0.370 e. The predicted octanol–water partition coefficient (Wildman–Crippen LogP) is 1.68. The molecule has 0 unspecified atom stereocenters. The second-order valence-electron chi connectivity index (χ2n) is 10.7. The summed E-state index contributed by atoms with van der Waals surface area (Å²) in [6, 6.07) is 8.25. The Morgan fingerprint density at radius 1 is 0.953 bits per heavy atom. The highest BCUT2D eigenvalue weighted by Crippen LogP contribution is 2.18. The molecule has 1 aromatic carbocycles. The lowest BCUT2D eigenvalue weighted by Crippen LogP contribution is -2.57. The summed E-state index contributed by atoms with van der Waals surface area (Å²) in [5.41, 5.74) is 12.0. The van der Waals surface area contributed by atoms with Crippen molar-refractivity contribution in [2.75, 3.05) is 6.54 Å². The number of amides is 4. The van der Waals surface area contributed by atoms with E-state index >= 15 is 0 Å². The Balaban J connectivity index is 1.72. The lowest BCUT2D eigenvalue weighted by atomic mass is 9.95. The number of carbonyl (C=O) groups excluding carboxylic acids is 4. The molecule has 0 aliphatic heterocycles. The highest BCUT2D eigenvalue weighted by molar-refractivity contribution is 9.10. The van der Waals surface area contributed by atoms with E-state index in [1.807, 2.05) is 30.3 Å². The number of aliphatic imine (C=N–C) groups is 1. The standard InChI is InChI=1S/C30H41BrN8O4/c1-19(36-27(41)21-16-22(31)18-34-17-21)26(40)38-24(13-8-14-35-30(32)33)28(42)39-25(15-20-9-4-2-5-10-20)29(43)37-23-11-6-3-7-12-23/h2,4-5,9-10,16-19,23-25H,3,6-8,11-15H2,1H3,(H,36,41)(H,37,43)(H,38,40)(H,39,42)(H4,32,33,35)/t19-,24-,25-/m0/s1. The Kier molecular flexibility index (Phi) is 13.4. The summed E-state index contributed by atoms with van der Waals surface area (Å²) in [4.78, 5) is 60.7. The Morgan fingerprint density at radius 2 is 1.65 bits per heavy atom. The van der Waals surface area contributed by atoms with Crippen molar-refractivity contribution >= 4 is 45.5 Å². The molecule has 0 bridgehead atoms. The molecule has 0 saturated heterocycles. The van der Waals surface area contributed by atoms with Gasteiger partial charge in [0.2, 0.25) is 17.7 Å². The Bertz CT molecular complexity index is 1270. The highest BCUT2D eigenvalue weighted by Gasteiger charge is 2.29. The second-order valence-corrected chi connectivity index (χ2v) is 11.6. The number of halogens is 1. The highest BCUT2D eigenvalue weighted by atomic mass is 79.9. The van der Waals surface area contributed by atoms with E-state index in [0.29, 0.717) is 10.9 Å². The number of benzene rings is 1. The predicted molar refractivity (Wildman–Crippen MR) is 168 cm³/mol. The summed E-state index contributed by atoms with van der Waals surface area (Å²) in [5.74, 6) is -1.92. The van der Waals surface area contributed by atoms with Crippen LogP contribution in [0.25, 0.3) is 0 Å². The van der Waals surface area contributed by atoms with Crippen molar-refractivity contribution in [2.24, 2.45) is 16.5 Å². The first-order chi connectivity index (χ1) is 20.6. The molecule has 1 fully saturated rings. The SMILES string of the molecule is C[C@H](NC(=O)c1cncc(Br)c1)C(=O)N[C@@H](CCCN=C(N)N)C(=O)N[C@@H](Cc1ccccc1)C(=O)NC1CCCCC1. The van der Waals surface area contributed by atoms with Crippen LogP contribution in [0.15, 0.2) is 58.3 Å². The van der Waals surface area contributed by atoms with Crippen LogP contribution in [-0.4, -0.2) is 65.3 Å². The molecule has 1 heterocycles. The van der Waals surface area contributed by atoms with Crippen molar-refractivity contribution in [2.45, 2.75) is 82.5 Å². The van der Waals surface area contributed by atoms with Crippen LogP contribution in [0.5, 0.6) is 0 Å². The van der Waals surface area contributed by atoms with E-state index in [0.717, 1.165) is 37.7 Å². The molecular formula is C30H41BrN8O4. The fraction of sp³-hybridized carbons (Fsp3) is 0.467. The summed E-state index contributed by atoms with van der Waals surface area (Å²) in [6.45, 7) is 1.77. The van der Waals surface area contributed by atoms with Gasteiger partial charge in [0.1, 0.15) is 18.1 Å². The lowest BCUT2D eigenvalue weighted by Gasteiger charge is -2.28. The van der Waals surface area contributed by atoms with Crippen molar-refractivity contribution in [1.82, 2.24) is 26.3 Å². The van der Waals surface area contributed by atoms with Gasteiger partial charge in [0, 0.05) is 35.9 Å². The first kappa shape index (κ1) is 33.5. The number of aromatic nitrogens is 1. The van der Waals surface area contributed by atoms with Gasteiger partial charge in [-0.2, -0.15) is 0 Å². The molecule has 1 saturated carbocycles. The maximum atomic E-state index is 13.6. The van der Waals surface area contributed by atoms with Crippen LogP contribution >= 0.6 is 15.9 Å². The summed E-state index contributed by atoms with van der Waals surface area (Å²) in [7, 11) is 0. The fourth-order valence-electron chi connectivity index (χ4n) is 4.83. The van der Waals surface area contributed by atoms with Gasteiger partial charge in [-0.05, 0) is 60.2 Å². The molecule has 8 N–H and O–H groups in total. The molecule has 3 rings (SSSR count). The molecule has 1 aromatic heterocycles. The van der Waals surface area contributed by atoms with Crippen molar-refractivity contribution in [1.29, 1.82) is 0 Å². The number of nitrogens with two attached hydrogens (primary N) is 2. The zero-order valence-electron chi connectivity index (χ0n) is 24.4. The van der Waals surface area contributed by atoms with Gasteiger partial charge in [0.15, 0.2) is 5.96 Å². The molecule has 4 amide bonds. The molecule has 232 valence electrons. The van der Waals surface area contributed by atoms with Gasteiger partial charge >= 0.3 is 0 Å².